The number of hydrogen-bond acceptors (Lipinski definition) is 4. The molecule has 0 bridgehead atoms. The number of aromatic nitrogens is 2. The molecule has 0 aliphatic carbocycles. The van der Waals surface area contributed by atoms with E-state index in [2.05, 4.69) is 51.8 Å². The molecule has 0 fully saturated rings. The third-order valence-corrected chi connectivity index (χ3v) is 2.84. The van der Waals surface area contributed by atoms with Crippen LogP contribution in [0.4, 0.5) is 17.5 Å². The first-order chi connectivity index (χ1) is 9.21. The predicted molar refractivity (Wildman–Crippen MR) is 80.0 cm³/mol. The van der Waals surface area contributed by atoms with Crippen LogP contribution < -0.4 is 10.6 Å². The van der Waals surface area contributed by atoms with Crippen molar-refractivity contribution in [3.8, 4) is 0 Å². The topological polar surface area (TPSA) is 49.8 Å². The van der Waals surface area contributed by atoms with E-state index in [1.54, 1.807) is 0 Å². The molecule has 0 amide bonds. The Morgan fingerprint density at radius 2 is 1.84 bits per heavy atom. The number of rotatable bonds is 5. The average molecular weight is 256 g/mol. The molecule has 0 aliphatic rings. The van der Waals surface area contributed by atoms with Crippen LogP contribution in [0.1, 0.15) is 24.6 Å². The van der Waals surface area contributed by atoms with E-state index in [1.165, 1.54) is 12.0 Å². The van der Waals surface area contributed by atoms with Gasteiger partial charge in [-0.15, -0.1) is 0 Å². The Morgan fingerprint density at radius 3 is 2.47 bits per heavy atom. The first-order valence-corrected chi connectivity index (χ1v) is 6.60. The second-order valence-electron chi connectivity index (χ2n) is 4.54. The van der Waals surface area contributed by atoms with Gasteiger partial charge in [0.2, 0.25) is 5.95 Å². The van der Waals surface area contributed by atoms with Gasteiger partial charge in [-0.3, -0.25) is 0 Å². The fraction of sp³-hybridized carbons (Fsp3) is 0.333. The molecule has 0 radical (unpaired) electrons. The van der Waals surface area contributed by atoms with Crippen LogP contribution in [0.25, 0.3) is 0 Å². The van der Waals surface area contributed by atoms with Crippen molar-refractivity contribution in [1.29, 1.82) is 0 Å². The van der Waals surface area contributed by atoms with Crippen LogP contribution in [-0.4, -0.2) is 17.0 Å². The van der Waals surface area contributed by atoms with Crippen LogP contribution in [0.15, 0.2) is 30.3 Å². The van der Waals surface area contributed by atoms with Gasteiger partial charge in [0, 0.05) is 24.5 Å². The van der Waals surface area contributed by atoms with Crippen molar-refractivity contribution in [2.24, 2.45) is 0 Å². The van der Waals surface area contributed by atoms with Gasteiger partial charge in [0.25, 0.3) is 0 Å². The van der Waals surface area contributed by atoms with E-state index in [9.17, 15) is 0 Å². The predicted octanol–water partition coefficient (Wildman–Crippen LogP) is 3.52. The van der Waals surface area contributed by atoms with E-state index in [4.69, 9.17) is 0 Å². The molecule has 4 heteroatoms. The molecule has 2 N–H and O–H groups in total. The number of aryl methyl sites for hydroxylation is 2. The first kappa shape index (κ1) is 13.3. The van der Waals surface area contributed by atoms with Gasteiger partial charge in [-0.2, -0.15) is 4.98 Å². The van der Waals surface area contributed by atoms with Gasteiger partial charge >= 0.3 is 0 Å². The summed E-state index contributed by atoms with van der Waals surface area (Å²) in [5.41, 5.74) is 3.34. The van der Waals surface area contributed by atoms with Gasteiger partial charge in [-0.25, -0.2) is 4.98 Å². The maximum absolute atomic E-state index is 4.37. The van der Waals surface area contributed by atoms with Gasteiger partial charge in [-0.05, 0) is 31.0 Å². The molecule has 4 nitrogen and oxygen atoms in total. The molecule has 0 aliphatic heterocycles. The summed E-state index contributed by atoms with van der Waals surface area (Å²) < 4.78 is 0. The summed E-state index contributed by atoms with van der Waals surface area (Å²) in [5, 5.41) is 6.26. The van der Waals surface area contributed by atoms with E-state index in [1.807, 2.05) is 20.0 Å². The Hall–Kier alpha value is -2.10. The number of nitrogens with zero attached hydrogens (tertiary/aromatic N) is 2. The van der Waals surface area contributed by atoms with Gasteiger partial charge in [0.05, 0.1) is 0 Å². The average Bonchev–Trinajstić information content (AvgIpc) is 2.40. The van der Waals surface area contributed by atoms with E-state index < -0.39 is 0 Å². The van der Waals surface area contributed by atoms with Gasteiger partial charge in [0.15, 0.2) is 0 Å². The van der Waals surface area contributed by atoms with Crippen molar-refractivity contribution >= 4 is 17.5 Å². The molecule has 1 aromatic heterocycles. The van der Waals surface area contributed by atoms with E-state index in [0.717, 1.165) is 23.6 Å². The number of benzene rings is 1. The summed E-state index contributed by atoms with van der Waals surface area (Å²) in [4.78, 5) is 8.64. The summed E-state index contributed by atoms with van der Waals surface area (Å²) in [6.07, 6.45) is 2.29. The monoisotopic (exact) mass is 256 g/mol. The lowest BCUT2D eigenvalue weighted by molar-refractivity contribution is 0.922. The zero-order chi connectivity index (χ0) is 13.7. The van der Waals surface area contributed by atoms with Gasteiger partial charge < -0.3 is 10.6 Å². The third-order valence-electron chi connectivity index (χ3n) is 2.84. The molecule has 0 unspecified atom stereocenters. The Morgan fingerprint density at radius 1 is 1.11 bits per heavy atom. The van der Waals surface area contributed by atoms with Gasteiger partial charge in [0.1, 0.15) is 5.82 Å². The number of nitrogens with one attached hydrogen (secondary N) is 2. The summed E-state index contributed by atoms with van der Waals surface area (Å²) in [6, 6.07) is 10.4. The molecule has 2 aromatic rings. The minimum absolute atomic E-state index is 0.630. The molecular weight excluding hydrogens is 236 g/mol. The highest BCUT2D eigenvalue weighted by atomic mass is 15.1. The van der Waals surface area contributed by atoms with Crippen molar-refractivity contribution in [3.05, 3.63) is 41.6 Å². The fourth-order valence-corrected chi connectivity index (χ4v) is 1.94. The standard InChI is InChI=1S/C15H20N4/c1-4-5-12-6-8-13(9-7-12)18-14-10-11(2)17-15(16-3)19-14/h6-10H,4-5H2,1-3H3,(H2,16,17,18,19). The smallest absolute Gasteiger partial charge is 0.224 e. The van der Waals surface area contributed by atoms with Gasteiger partial charge in [-0.1, -0.05) is 25.5 Å². The van der Waals surface area contributed by atoms with E-state index in [0.29, 0.717) is 5.95 Å². The number of hydrogen-bond donors (Lipinski definition) is 2. The van der Waals surface area contributed by atoms with Crippen molar-refractivity contribution in [3.63, 3.8) is 0 Å². The molecule has 19 heavy (non-hydrogen) atoms. The molecule has 0 atom stereocenters. The van der Waals surface area contributed by atoms with Crippen LogP contribution in [0.3, 0.4) is 0 Å². The summed E-state index contributed by atoms with van der Waals surface area (Å²) in [7, 11) is 1.82. The third kappa shape index (κ3) is 3.68. The Kier molecular flexibility index (Phi) is 4.34. The first-order valence-electron chi connectivity index (χ1n) is 6.60. The zero-order valence-electron chi connectivity index (χ0n) is 11.7. The second-order valence-corrected chi connectivity index (χ2v) is 4.54. The lowest BCUT2D eigenvalue weighted by Gasteiger charge is -2.09. The summed E-state index contributed by atoms with van der Waals surface area (Å²) >= 11 is 0. The number of anilines is 3. The van der Waals surface area contributed by atoms with E-state index in [-0.39, 0.29) is 0 Å². The van der Waals surface area contributed by atoms with E-state index >= 15 is 0 Å². The quantitative estimate of drug-likeness (QED) is 0.859. The normalized spacial score (nSPS) is 10.3. The van der Waals surface area contributed by atoms with Crippen LogP contribution in [0, 0.1) is 6.92 Å². The second kappa shape index (κ2) is 6.18. The lowest BCUT2D eigenvalue weighted by atomic mass is 10.1. The van der Waals surface area contributed by atoms with Crippen molar-refractivity contribution in [1.82, 2.24) is 9.97 Å². The molecule has 0 saturated heterocycles. The minimum atomic E-state index is 0.630. The minimum Gasteiger partial charge on any atom is -0.357 e. The van der Waals surface area contributed by atoms with Crippen molar-refractivity contribution in [2.45, 2.75) is 26.7 Å². The highest BCUT2D eigenvalue weighted by molar-refractivity contribution is 5.57. The summed E-state index contributed by atoms with van der Waals surface area (Å²) in [6.45, 7) is 4.15. The Balaban J connectivity index is 2.14. The Bertz CT molecular complexity index is 534. The lowest BCUT2D eigenvalue weighted by Crippen LogP contribution is -2.01. The van der Waals surface area contributed by atoms with Crippen molar-refractivity contribution < 1.29 is 0 Å². The summed E-state index contributed by atoms with van der Waals surface area (Å²) in [5.74, 6) is 1.44. The molecule has 1 heterocycles. The molecule has 1 aromatic carbocycles. The maximum atomic E-state index is 4.37. The SMILES string of the molecule is CCCc1ccc(Nc2cc(C)nc(NC)n2)cc1. The van der Waals surface area contributed by atoms with Crippen LogP contribution in [0.5, 0.6) is 0 Å². The zero-order valence-corrected chi connectivity index (χ0v) is 11.7. The highest BCUT2D eigenvalue weighted by Crippen LogP contribution is 2.17. The molecule has 0 spiro atoms. The molecule has 0 saturated carbocycles. The van der Waals surface area contributed by atoms with Crippen LogP contribution in [-0.2, 0) is 6.42 Å². The highest BCUT2D eigenvalue weighted by Gasteiger charge is 2.01. The molecule has 100 valence electrons. The largest absolute Gasteiger partial charge is 0.357 e. The Labute approximate surface area is 114 Å². The molecular formula is C15H20N4. The van der Waals surface area contributed by atoms with Crippen LogP contribution >= 0.6 is 0 Å². The van der Waals surface area contributed by atoms with Crippen molar-refractivity contribution in [2.75, 3.05) is 17.7 Å². The molecule has 2 rings (SSSR count). The maximum Gasteiger partial charge on any atom is 0.224 e. The van der Waals surface area contributed by atoms with Crippen LogP contribution in [0.2, 0.25) is 0 Å². The fourth-order valence-electron chi connectivity index (χ4n) is 1.94.